The SMILES string of the molecule is CNC1CCC(O)(Cc2ccnc3ccccc23)CC1. The van der Waals surface area contributed by atoms with Crippen molar-refractivity contribution in [3.8, 4) is 0 Å². The van der Waals surface area contributed by atoms with Gasteiger partial charge in [0, 0.05) is 24.0 Å². The van der Waals surface area contributed by atoms with Gasteiger partial charge in [-0.3, -0.25) is 4.98 Å². The molecule has 1 aliphatic rings. The standard InChI is InChI=1S/C17H22N2O/c1-18-14-6-9-17(20,10-7-14)12-13-8-11-19-16-5-3-2-4-15(13)16/h2-5,8,11,14,18,20H,6-7,9-10,12H2,1H3. The monoisotopic (exact) mass is 270 g/mol. The molecule has 0 radical (unpaired) electrons. The minimum atomic E-state index is -0.558. The van der Waals surface area contributed by atoms with Gasteiger partial charge in [-0.15, -0.1) is 0 Å². The number of pyridine rings is 1. The van der Waals surface area contributed by atoms with Crippen LogP contribution < -0.4 is 5.32 Å². The molecule has 0 unspecified atom stereocenters. The molecule has 2 aromatic rings. The molecule has 20 heavy (non-hydrogen) atoms. The predicted octanol–water partition coefficient (Wildman–Crippen LogP) is 2.67. The molecular weight excluding hydrogens is 248 g/mol. The minimum Gasteiger partial charge on any atom is -0.390 e. The Bertz CT molecular complexity index is 583. The number of para-hydroxylation sites is 1. The lowest BCUT2D eigenvalue weighted by Crippen LogP contribution is -2.41. The summed E-state index contributed by atoms with van der Waals surface area (Å²) in [5, 5.41) is 15.3. The van der Waals surface area contributed by atoms with Crippen LogP contribution >= 0.6 is 0 Å². The molecule has 0 amide bonds. The van der Waals surface area contributed by atoms with E-state index in [-0.39, 0.29) is 0 Å². The Balaban J connectivity index is 1.83. The highest BCUT2D eigenvalue weighted by Crippen LogP contribution is 2.32. The van der Waals surface area contributed by atoms with Gasteiger partial charge in [-0.05, 0) is 50.4 Å². The van der Waals surface area contributed by atoms with Crippen molar-refractivity contribution in [3.63, 3.8) is 0 Å². The van der Waals surface area contributed by atoms with Crippen molar-refractivity contribution >= 4 is 10.9 Å². The van der Waals surface area contributed by atoms with Gasteiger partial charge in [0.15, 0.2) is 0 Å². The lowest BCUT2D eigenvalue weighted by molar-refractivity contribution is -0.00216. The maximum atomic E-state index is 10.8. The van der Waals surface area contributed by atoms with Gasteiger partial charge < -0.3 is 10.4 Å². The van der Waals surface area contributed by atoms with Gasteiger partial charge in [0.05, 0.1) is 11.1 Å². The topological polar surface area (TPSA) is 45.1 Å². The van der Waals surface area contributed by atoms with Crippen LogP contribution in [0.2, 0.25) is 0 Å². The van der Waals surface area contributed by atoms with E-state index in [1.807, 2.05) is 37.5 Å². The number of nitrogens with one attached hydrogen (secondary N) is 1. The summed E-state index contributed by atoms with van der Waals surface area (Å²) in [5.41, 5.74) is 1.66. The summed E-state index contributed by atoms with van der Waals surface area (Å²) in [6.45, 7) is 0. The van der Waals surface area contributed by atoms with Gasteiger partial charge in [0.1, 0.15) is 0 Å². The highest BCUT2D eigenvalue weighted by molar-refractivity contribution is 5.81. The largest absolute Gasteiger partial charge is 0.390 e. The van der Waals surface area contributed by atoms with Gasteiger partial charge in [0.25, 0.3) is 0 Å². The normalized spacial score (nSPS) is 26.8. The number of rotatable bonds is 3. The van der Waals surface area contributed by atoms with Crippen molar-refractivity contribution in [1.29, 1.82) is 0 Å². The van der Waals surface area contributed by atoms with E-state index >= 15 is 0 Å². The van der Waals surface area contributed by atoms with Gasteiger partial charge in [-0.25, -0.2) is 0 Å². The molecule has 1 saturated carbocycles. The first-order valence-electron chi connectivity index (χ1n) is 7.42. The first kappa shape index (κ1) is 13.5. The first-order chi connectivity index (χ1) is 9.70. The second-order valence-corrected chi connectivity index (χ2v) is 5.95. The number of benzene rings is 1. The fraction of sp³-hybridized carbons (Fsp3) is 0.471. The Morgan fingerprint density at radius 3 is 2.75 bits per heavy atom. The van der Waals surface area contributed by atoms with E-state index in [4.69, 9.17) is 0 Å². The third-order valence-corrected chi connectivity index (χ3v) is 4.58. The first-order valence-corrected chi connectivity index (χ1v) is 7.42. The van der Waals surface area contributed by atoms with Crippen molar-refractivity contribution in [2.75, 3.05) is 7.05 Å². The Labute approximate surface area is 120 Å². The van der Waals surface area contributed by atoms with Gasteiger partial charge >= 0.3 is 0 Å². The average molecular weight is 270 g/mol. The van der Waals surface area contributed by atoms with Crippen LogP contribution in [0.5, 0.6) is 0 Å². The fourth-order valence-corrected chi connectivity index (χ4v) is 3.28. The highest BCUT2D eigenvalue weighted by atomic mass is 16.3. The van der Waals surface area contributed by atoms with Crippen molar-refractivity contribution < 1.29 is 5.11 Å². The number of nitrogens with zero attached hydrogens (tertiary/aromatic N) is 1. The molecule has 0 saturated heterocycles. The smallest absolute Gasteiger partial charge is 0.0704 e. The maximum absolute atomic E-state index is 10.8. The highest BCUT2D eigenvalue weighted by Gasteiger charge is 2.33. The van der Waals surface area contributed by atoms with Gasteiger partial charge in [-0.2, -0.15) is 0 Å². The number of hydrogen-bond acceptors (Lipinski definition) is 3. The molecule has 2 N–H and O–H groups in total. The third kappa shape index (κ3) is 2.69. The summed E-state index contributed by atoms with van der Waals surface area (Å²) in [7, 11) is 2.01. The molecule has 1 fully saturated rings. The molecule has 1 aromatic carbocycles. The van der Waals surface area contributed by atoms with Crippen LogP contribution in [0.1, 0.15) is 31.2 Å². The summed E-state index contributed by atoms with van der Waals surface area (Å²) in [5.74, 6) is 0. The van der Waals surface area contributed by atoms with Crippen LogP contribution in [-0.4, -0.2) is 28.8 Å². The van der Waals surface area contributed by atoms with Crippen LogP contribution in [0.4, 0.5) is 0 Å². The van der Waals surface area contributed by atoms with E-state index in [1.54, 1.807) is 0 Å². The summed E-state index contributed by atoms with van der Waals surface area (Å²) in [6, 6.07) is 10.8. The summed E-state index contributed by atoms with van der Waals surface area (Å²) in [4.78, 5) is 4.39. The number of fused-ring (bicyclic) bond motifs is 1. The molecule has 0 spiro atoms. The van der Waals surface area contributed by atoms with Crippen LogP contribution in [0.15, 0.2) is 36.5 Å². The van der Waals surface area contributed by atoms with Crippen LogP contribution in [0.3, 0.4) is 0 Å². The van der Waals surface area contributed by atoms with Crippen LogP contribution in [-0.2, 0) is 6.42 Å². The predicted molar refractivity (Wildman–Crippen MR) is 81.7 cm³/mol. The maximum Gasteiger partial charge on any atom is 0.0704 e. The Morgan fingerprint density at radius 1 is 1.25 bits per heavy atom. The van der Waals surface area contributed by atoms with E-state index in [1.165, 1.54) is 10.9 Å². The van der Waals surface area contributed by atoms with Gasteiger partial charge in [0.2, 0.25) is 0 Å². The van der Waals surface area contributed by atoms with E-state index in [2.05, 4.69) is 16.4 Å². The zero-order chi connectivity index (χ0) is 14.0. The molecule has 106 valence electrons. The van der Waals surface area contributed by atoms with Crippen molar-refractivity contribution in [2.24, 2.45) is 0 Å². The quantitative estimate of drug-likeness (QED) is 0.901. The van der Waals surface area contributed by atoms with E-state index in [9.17, 15) is 5.11 Å². The molecule has 0 aliphatic heterocycles. The third-order valence-electron chi connectivity index (χ3n) is 4.58. The van der Waals surface area contributed by atoms with Crippen molar-refractivity contribution in [2.45, 2.75) is 43.7 Å². The molecule has 3 rings (SSSR count). The fourth-order valence-electron chi connectivity index (χ4n) is 3.28. The second-order valence-electron chi connectivity index (χ2n) is 5.95. The zero-order valence-electron chi connectivity index (χ0n) is 12.0. The van der Waals surface area contributed by atoms with E-state index < -0.39 is 5.60 Å². The summed E-state index contributed by atoms with van der Waals surface area (Å²) < 4.78 is 0. The van der Waals surface area contributed by atoms with E-state index in [0.717, 1.165) is 37.6 Å². The molecule has 1 aliphatic carbocycles. The molecular formula is C17H22N2O. The Hall–Kier alpha value is -1.45. The van der Waals surface area contributed by atoms with Crippen LogP contribution in [0, 0.1) is 0 Å². The summed E-state index contributed by atoms with van der Waals surface area (Å²) in [6.07, 6.45) is 6.42. The van der Waals surface area contributed by atoms with Crippen molar-refractivity contribution in [1.82, 2.24) is 10.3 Å². The lowest BCUT2D eigenvalue weighted by atomic mass is 9.78. The Kier molecular flexibility index (Phi) is 3.72. The zero-order valence-corrected chi connectivity index (χ0v) is 12.0. The second kappa shape index (κ2) is 5.51. The number of aliphatic hydroxyl groups is 1. The van der Waals surface area contributed by atoms with Crippen molar-refractivity contribution in [3.05, 3.63) is 42.1 Å². The molecule has 0 bridgehead atoms. The van der Waals surface area contributed by atoms with E-state index in [0.29, 0.717) is 6.04 Å². The minimum absolute atomic E-state index is 0.558. The lowest BCUT2D eigenvalue weighted by Gasteiger charge is -2.36. The Morgan fingerprint density at radius 2 is 2.00 bits per heavy atom. The average Bonchev–Trinajstić information content (AvgIpc) is 2.48. The van der Waals surface area contributed by atoms with Gasteiger partial charge in [-0.1, -0.05) is 18.2 Å². The number of hydrogen-bond donors (Lipinski definition) is 2. The molecule has 3 nitrogen and oxygen atoms in total. The molecule has 3 heteroatoms. The number of aromatic nitrogens is 1. The molecule has 1 aromatic heterocycles. The molecule has 0 atom stereocenters. The molecule has 1 heterocycles. The summed E-state index contributed by atoms with van der Waals surface area (Å²) >= 11 is 0. The van der Waals surface area contributed by atoms with Crippen LogP contribution in [0.25, 0.3) is 10.9 Å².